The highest BCUT2D eigenvalue weighted by molar-refractivity contribution is 5.73. The van der Waals surface area contributed by atoms with E-state index < -0.39 is 0 Å². The van der Waals surface area contributed by atoms with Gasteiger partial charge in [0.25, 0.3) is 0 Å². The number of likely N-dealkylation sites (tertiary alicyclic amines) is 1. The molecular formula is C26H33FN6O. The van der Waals surface area contributed by atoms with Gasteiger partial charge in [-0.3, -0.25) is 4.98 Å². The second-order valence-electron chi connectivity index (χ2n) is 9.64. The minimum absolute atomic E-state index is 0.256. The maximum absolute atomic E-state index is 14.9. The van der Waals surface area contributed by atoms with Gasteiger partial charge in [-0.05, 0) is 71.1 Å². The summed E-state index contributed by atoms with van der Waals surface area (Å²) in [6.45, 7) is 7.69. The summed E-state index contributed by atoms with van der Waals surface area (Å²) in [5.74, 6) is 1.19. The third kappa shape index (κ3) is 4.34. The highest BCUT2D eigenvalue weighted by Gasteiger charge is 2.25. The molecule has 34 heavy (non-hydrogen) atoms. The highest BCUT2D eigenvalue weighted by Crippen LogP contribution is 2.39. The molecule has 0 bridgehead atoms. The van der Waals surface area contributed by atoms with Crippen LogP contribution >= 0.6 is 0 Å². The summed E-state index contributed by atoms with van der Waals surface area (Å²) >= 11 is 0. The molecule has 2 aliphatic rings. The standard InChI is InChI=1S/C26H33FN6O/c1-17(2)33-11-12-34-25-21(27)13-19(14-23(25)33)24-16-29-26(32(24)4)30-20-5-6-22(28-15-20)18-7-9-31(3)10-8-18/h5-6,13-18H,7-12H2,1-4H3,(H,29,30). The van der Waals surface area contributed by atoms with Crippen LogP contribution in [0.1, 0.15) is 38.3 Å². The van der Waals surface area contributed by atoms with Gasteiger partial charge in [0, 0.05) is 30.3 Å². The summed E-state index contributed by atoms with van der Waals surface area (Å²) in [5, 5.41) is 3.36. The van der Waals surface area contributed by atoms with Crippen molar-refractivity contribution >= 4 is 17.3 Å². The summed E-state index contributed by atoms with van der Waals surface area (Å²) in [6, 6.07) is 7.95. The molecule has 1 saturated heterocycles. The van der Waals surface area contributed by atoms with Gasteiger partial charge in [-0.15, -0.1) is 0 Å². The second-order valence-corrected chi connectivity index (χ2v) is 9.64. The first kappa shape index (κ1) is 22.7. The highest BCUT2D eigenvalue weighted by atomic mass is 19.1. The first-order valence-electron chi connectivity index (χ1n) is 12.1. The van der Waals surface area contributed by atoms with E-state index in [9.17, 15) is 4.39 Å². The van der Waals surface area contributed by atoms with Crippen molar-refractivity contribution in [1.82, 2.24) is 19.4 Å². The van der Waals surface area contributed by atoms with Crippen LogP contribution in [-0.2, 0) is 7.05 Å². The number of anilines is 3. The van der Waals surface area contributed by atoms with Gasteiger partial charge in [-0.1, -0.05) is 0 Å². The van der Waals surface area contributed by atoms with Gasteiger partial charge in [0.05, 0.1) is 36.0 Å². The van der Waals surface area contributed by atoms with E-state index in [4.69, 9.17) is 9.72 Å². The molecule has 180 valence electrons. The lowest BCUT2D eigenvalue weighted by molar-refractivity contribution is 0.253. The molecule has 0 saturated carbocycles. The Morgan fingerprint density at radius 2 is 1.85 bits per heavy atom. The number of ether oxygens (including phenoxy) is 1. The number of halogens is 1. The molecule has 0 amide bonds. The fraction of sp³-hybridized carbons (Fsp3) is 0.462. The van der Waals surface area contributed by atoms with Crippen molar-refractivity contribution < 1.29 is 9.13 Å². The lowest BCUT2D eigenvalue weighted by Gasteiger charge is -2.34. The first-order valence-corrected chi connectivity index (χ1v) is 12.1. The molecule has 1 fully saturated rings. The van der Waals surface area contributed by atoms with Crippen molar-refractivity contribution in [3.63, 3.8) is 0 Å². The van der Waals surface area contributed by atoms with Crippen LogP contribution in [0.4, 0.5) is 21.7 Å². The van der Waals surface area contributed by atoms with E-state index in [-0.39, 0.29) is 11.9 Å². The van der Waals surface area contributed by atoms with E-state index in [2.05, 4.69) is 53.1 Å². The number of nitrogens with one attached hydrogen (secondary N) is 1. The maximum atomic E-state index is 14.9. The number of benzene rings is 1. The minimum atomic E-state index is -0.345. The fourth-order valence-electron chi connectivity index (χ4n) is 4.93. The van der Waals surface area contributed by atoms with Crippen LogP contribution in [0.2, 0.25) is 0 Å². The lowest BCUT2D eigenvalue weighted by Crippen LogP contribution is -2.38. The Labute approximate surface area is 200 Å². The Morgan fingerprint density at radius 1 is 1.06 bits per heavy atom. The van der Waals surface area contributed by atoms with Crippen molar-refractivity contribution in [3.8, 4) is 17.0 Å². The Hall–Kier alpha value is -3.13. The summed E-state index contributed by atoms with van der Waals surface area (Å²) < 4.78 is 22.5. The number of fused-ring (bicyclic) bond motifs is 1. The Bertz CT molecular complexity index is 1150. The average Bonchev–Trinajstić information content (AvgIpc) is 3.19. The van der Waals surface area contributed by atoms with Crippen LogP contribution in [0.5, 0.6) is 5.75 Å². The zero-order chi connectivity index (χ0) is 23.8. The minimum Gasteiger partial charge on any atom is -0.486 e. The smallest absolute Gasteiger partial charge is 0.207 e. The number of rotatable bonds is 5. The second kappa shape index (κ2) is 9.25. The molecule has 7 nitrogen and oxygen atoms in total. The molecule has 2 aliphatic heterocycles. The summed E-state index contributed by atoms with van der Waals surface area (Å²) in [5.41, 5.74) is 4.43. The molecule has 5 rings (SSSR count). The molecule has 2 aromatic heterocycles. The van der Waals surface area contributed by atoms with Crippen LogP contribution in [-0.4, -0.2) is 58.8 Å². The van der Waals surface area contributed by atoms with Crippen molar-refractivity contribution in [1.29, 1.82) is 0 Å². The molecule has 0 aliphatic carbocycles. The van der Waals surface area contributed by atoms with E-state index in [1.165, 1.54) is 6.07 Å². The molecular weight excluding hydrogens is 431 g/mol. The van der Waals surface area contributed by atoms with Crippen molar-refractivity contribution in [3.05, 3.63) is 48.2 Å². The van der Waals surface area contributed by atoms with Gasteiger partial charge in [0.2, 0.25) is 5.95 Å². The van der Waals surface area contributed by atoms with E-state index in [0.717, 1.165) is 60.8 Å². The summed E-state index contributed by atoms with van der Waals surface area (Å²) in [7, 11) is 4.10. The van der Waals surface area contributed by atoms with Gasteiger partial charge in [-0.25, -0.2) is 9.37 Å². The van der Waals surface area contributed by atoms with Gasteiger partial charge >= 0.3 is 0 Å². The number of pyridine rings is 1. The average molecular weight is 465 g/mol. The first-order chi connectivity index (χ1) is 16.4. The van der Waals surface area contributed by atoms with Crippen molar-refractivity contribution in [2.45, 2.75) is 38.6 Å². The molecule has 1 N–H and O–H groups in total. The van der Waals surface area contributed by atoms with Gasteiger partial charge in [0.1, 0.15) is 6.61 Å². The van der Waals surface area contributed by atoms with Gasteiger partial charge in [0.15, 0.2) is 11.6 Å². The number of hydrogen-bond acceptors (Lipinski definition) is 6. The number of piperidine rings is 1. The largest absolute Gasteiger partial charge is 0.486 e. The monoisotopic (exact) mass is 464 g/mol. The molecule has 0 spiro atoms. The van der Waals surface area contributed by atoms with Crippen molar-refractivity contribution in [2.75, 3.05) is 43.5 Å². The SMILES string of the molecule is CC(C)N1CCOc2c(F)cc(-c3cnc(Nc4ccc(C5CCN(C)CC5)nc4)n3C)cc21. The quantitative estimate of drug-likeness (QED) is 0.586. The Kier molecular flexibility index (Phi) is 6.16. The zero-order valence-corrected chi connectivity index (χ0v) is 20.4. The van der Waals surface area contributed by atoms with E-state index in [1.54, 1.807) is 6.20 Å². The number of hydrogen-bond donors (Lipinski definition) is 1. The van der Waals surface area contributed by atoms with Crippen LogP contribution in [0.3, 0.4) is 0 Å². The molecule has 8 heteroatoms. The predicted molar refractivity (Wildman–Crippen MR) is 134 cm³/mol. The molecule has 1 aromatic carbocycles. The van der Waals surface area contributed by atoms with Gasteiger partial charge < -0.3 is 24.4 Å². The van der Waals surface area contributed by atoms with Crippen LogP contribution < -0.4 is 15.0 Å². The van der Waals surface area contributed by atoms with Crippen LogP contribution in [0.15, 0.2) is 36.7 Å². The number of nitrogens with zero attached hydrogens (tertiary/aromatic N) is 5. The summed E-state index contributed by atoms with van der Waals surface area (Å²) in [6.07, 6.45) is 5.94. The van der Waals surface area contributed by atoms with Crippen molar-refractivity contribution in [2.24, 2.45) is 7.05 Å². The zero-order valence-electron chi connectivity index (χ0n) is 20.4. The molecule has 3 aromatic rings. The van der Waals surface area contributed by atoms with Gasteiger partial charge in [-0.2, -0.15) is 0 Å². The molecule has 0 radical (unpaired) electrons. The number of aromatic nitrogens is 3. The van der Waals surface area contributed by atoms with E-state index in [1.807, 2.05) is 23.9 Å². The lowest BCUT2D eigenvalue weighted by atomic mass is 9.93. The third-order valence-corrected chi connectivity index (χ3v) is 7.00. The van der Waals surface area contributed by atoms with E-state index >= 15 is 0 Å². The normalized spacial score (nSPS) is 17.1. The fourth-order valence-corrected chi connectivity index (χ4v) is 4.93. The molecule has 0 atom stereocenters. The molecule has 4 heterocycles. The molecule has 0 unspecified atom stereocenters. The Morgan fingerprint density at radius 3 is 2.56 bits per heavy atom. The van der Waals surface area contributed by atoms with E-state index in [0.29, 0.717) is 24.2 Å². The predicted octanol–water partition coefficient (Wildman–Crippen LogP) is 4.78. The Balaban J connectivity index is 1.36. The third-order valence-electron chi connectivity index (χ3n) is 7.00. The topological polar surface area (TPSA) is 58.5 Å². The summed E-state index contributed by atoms with van der Waals surface area (Å²) in [4.78, 5) is 13.8. The maximum Gasteiger partial charge on any atom is 0.207 e. The van der Waals surface area contributed by atoms with Crippen LogP contribution in [0.25, 0.3) is 11.3 Å². The number of imidazole rings is 1. The van der Waals surface area contributed by atoms with Crippen LogP contribution in [0, 0.1) is 5.82 Å².